The number of nitrogens with zero attached hydrogens (tertiary/aromatic N) is 3. The smallest absolute Gasteiger partial charge is 0.224 e. The number of carbonyl (C=O) groups excluding carboxylic acids is 1. The first-order chi connectivity index (χ1) is 9.06. The first-order valence-corrected chi connectivity index (χ1v) is 7.42. The molecule has 19 heavy (non-hydrogen) atoms. The van der Waals surface area contributed by atoms with E-state index in [1.165, 1.54) is 0 Å². The Labute approximate surface area is 116 Å². The summed E-state index contributed by atoms with van der Waals surface area (Å²) < 4.78 is 0. The second kappa shape index (κ2) is 6.68. The molecule has 0 saturated carbocycles. The average molecular weight is 268 g/mol. The highest BCUT2D eigenvalue weighted by molar-refractivity contribution is 5.77. The van der Waals surface area contributed by atoms with Gasteiger partial charge < -0.3 is 20.0 Å². The van der Waals surface area contributed by atoms with E-state index in [2.05, 4.69) is 29.2 Å². The van der Waals surface area contributed by atoms with Crippen LogP contribution in [0.5, 0.6) is 0 Å². The molecular weight excluding hydrogens is 240 g/mol. The number of hydrogen-bond acceptors (Lipinski definition) is 4. The fraction of sp³-hybridized carbons (Fsp3) is 0.929. The van der Waals surface area contributed by atoms with Gasteiger partial charge in [-0.05, 0) is 40.0 Å². The lowest BCUT2D eigenvalue weighted by atomic mass is 10.0. The quantitative estimate of drug-likeness (QED) is 0.771. The van der Waals surface area contributed by atoms with E-state index in [1.807, 2.05) is 11.9 Å². The summed E-state index contributed by atoms with van der Waals surface area (Å²) in [6.07, 6.45) is 2.85. The van der Waals surface area contributed by atoms with Crippen molar-refractivity contribution in [3.8, 4) is 0 Å². The zero-order valence-corrected chi connectivity index (χ0v) is 12.6. The van der Waals surface area contributed by atoms with Crippen molar-refractivity contribution in [1.29, 1.82) is 0 Å². The van der Waals surface area contributed by atoms with Crippen LogP contribution in [-0.4, -0.2) is 86.6 Å². The summed E-state index contributed by atoms with van der Waals surface area (Å²) in [4.78, 5) is 19.0. The number of likely N-dealkylation sites (N-methyl/N-ethyl adjacent to an activating group) is 1. The third-order valence-corrected chi connectivity index (χ3v) is 4.51. The van der Waals surface area contributed by atoms with Gasteiger partial charge in [-0.15, -0.1) is 0 Å². The maximum Gasteiger partial charge on any atom is 0.224 e. The van der Waals surface area contributed by atoms with Crippen molar-refractivity contribution in [2.75, 3.05) is 53.9 Å². The summed E-state index contributed by atoms with van der Waals surface area (Å²) in [5, 5.41) is 3.45. The van der Waals surface area contributed by atoms with Crippen LogP contribution in [0.3, 0.4) is 0 Å². The molecule has 0 aliphatic carbocycles. The Bertz CT molecular complexity index is 302. The van der Waals surface area contributed by atoms with Crippen LogP contribution in [0.4, 0.5) is 0 Å². The maximum atomic E-state index is 12.4. The van der Waals surface area contributed by atoms with Crippen molar-refractivity contribution in [3.63, 3.8) is 0 Å². The van der Waals surface area contributed by atoms with E-state index in [4.69, 9.17) is 0 Å². The van der Waals surface area contributed by atoms with Gasteiger partial charge in [-0.1, -0.05) is 0 Å². The molecule has 2 rings (SSSR count). The molecule has 2 fully saturated rings. The van der Waals surface area contributed by atoms with Gasteiger partial charge in [0.05, 0.1) is 0 Å². The molecule has 0 aromatic heterocycles. The first kappa shape index (κ1) is 14.8. The topological polar surface area (TPSA) is 38.8 Å². The third kappa shape index (κ3) is 4.16. The molecule has 0 aromatic rings. The van der Waals surface area contributed by atoms with Gasteiger partial charge >= 0.3 is 0 Å². The van der Waals surface area contributed by atoms with Crippen LogP contribution >= 0.6 is 0 Å². The molecule has 5 heteroatoms. The predicted octanol–water partition coefficient (Wildman–Crippen LogP) is -0.167. The molecule has 1 amide bonds. The lowest BCUT2D eigenvalue weighted by Crippen LogP contribution is -2.52. The molecule has 1 unspecified atom stereocenters. The molecule has 2 heterocycles. The second-order valence-electron chi connectivity index (χ2n) is 6.16. The predicted molar refractivity (Wildman–Crippen MR) is 77.2 cm³/mol. The van der Waals surface area contributed by atoms with Crippen LogP contribution in [0.15, 0.2) is 0 Å². The van der Waals surface area contributed by atoms with Crippen molar-refractivity contribution < 1.29 is 4.79 Å². The molecule has 1 N–H and O–H groups in total. The molecule has 1 atom stereocenters. The summed E-state index contributed by atoms with van der Waals surface area (Å²) in [7, 11) is 6.25. The molecule has 110 valence electrons. The highest BCUT2D eigenvalue weighted by Crippen LogP contribution is 2.15. The highest BCUT2D eigenvalue weighted by atomic mass is 16.2. The van der Waals surface area contributed by atoms with Crippen LogP contribution in [0.2, 0.25) is 0 Å². The van der Waals surface area contributed by atoms with Gasteiger partial charge in [0, 0.05) is 45.2 Å². The van der Waals surface area contributed by atoms with Crippen molar-refractivity contribution in [2.45, 2.75) is 31.3 Å². The van der Waals surface area contributed by atoms with Crippen LogP contribution in [0.25, 0.3) is 0 Å². The van der Waals surface area contributed by atoms with Gasteiger partial charge in [-0.3, -0.25) is 4.79 Å². The number of carbonyl (C=O) groups is 1. The number of piperazine rings is 1. The monoisotopic (exact) mass is 268 g/mol. The van der Waals surface area contributed by atoms with E-state index in [0.29, 0.717) is 24.4 Å². The Morgan fingerprint density at radius 2 is 1.89 bits per heavy atom. The molecule has 0 bridgehead atoms. The standard InChI is InChI=1S/C14H28N4O/c1-16-7-4-13(5-8-16)18(3)14(19)10-12-11-17(2)9-6-15-12/h12-13,15H,4-11H2,1-3H3. The summed E-state index contributed by atoms with van der Waals surface area (Å²) in [6, 6.07) is 0.755. The number of rotatable bonds is 3. The average Bonchev–Trinajstić information content (AvgIpc) is 2.39. The minimum atomic E-state index is 0.294. The number of hydrogen-bond donors (Lipinski definition) is 1. The number of amides is 1. The summed E-state index contributed by atoms with van der Waals surface area (Å²) in [5.74, 6) is 0.294. The fourth-order valence-corrected chi connectivity index (χ4v) is 3.07. The highest BCUT2D eigenvalue weighted by Gasteiger charge is 2.26. The lowest BCUT2D eigenvalue weighted by molar-refractivity contribution is -0.133. The van der Waals surface area contributed by atoms with Crippen molar-refractivity contribution in [1.82, 2.24) is 20.0 Å². The lowest BCUT2D eigenvalue weighted by Gasteiger charge is -2.37. The Hall–Kier alpha value is -0.650. The third-order valence-electron chi connectivity index (χ3n) is 4.51. The normalized spacial score (nSPS) is 27.4. The van der Waals surface area contributed by atoms with Gasteiger partial charge in [0.25, 0.3) is 0 Å². The second-order valence-corrected chi connectivity index (χ2v) is 6.16. The Balaban J connectivity index is 1.78. The minimum absolute atomic E-state index is 0.294. The van der Waals surface area contributed by atoms with Gasteiger partial charge in [0.15, 0.2) is 0 Å². The zero-order valence-electron chi connectivity index (χ0n) is 12.6. The van der Waals surface area contributed by atoms with Crippen LogP contribution < -0.4 is 5.32 Å². The summed E-state index contributed by atoms with van der Waals surface area (Å²) >= 11 is 0. The molecule has 0 aromatic carbocycles. The summed E-state index contributed by atoms with van der Waals surface area (Å²) in [5.41, 5.74) is 0. The van der Waals surface area contributed by atoms with Gasteiger partial charge in [-0.25, -0.2) is 0 Å². The number of piperidine rings is 1. The molecule has 0 spiro atoms. The SMILES string of the molecule is CN1CCC(N(C)C(=O)CC2CN(C)CCN2)CC1. The van der Waals surface area contributed by atoms with E-state index in [0.717, 1.165) is 45.6 Å². The molecule has 5 nitrogen and oxygen atoms in total. The van der Waals surface area contributed by atoms with Crippen LogP contribution in [0, 0.1) is 0 Å². The fourth-order valence-electron chi connectivity index (χ4n) is 3.07. The molecule has 2 aliphatic rings. The Kier molecular flexibility index (Phi) is 5.19. The summed E-state index contributed by atoms with van der Waals surface area (Å²) in [6.45, 7) is 5.26. The molecule has 0 radical (unpaired) electrons. The van der Waals surface area contributed by atoms with Gasteiger partial charge in [0.1, 0.15) is 0 Å². The maximum absolute atomic E-state index is 12.4. The van der Waals surface area contributed by atoms with Gasteiger partial charge in [-0.2, -0.15) is 0 Å². The Morgan fingerprint density at radius 1 is 1.21 bits per heavy atom. The van der Waals surface area contributed by atoms with E-state index in [-0.39, 0.29) is 0 Å². The largest absolute Gasteiger partial charge is 0.343 e. The van der Waals surface area contributed by atoms with E-state index < -0.39 is 0 Å². The van der Waals surface area contributed by atoms with E-state index in [1.54, 1.807) is 0 Å². The number of nitrogens with one attached hydrogen (secondary N) is 1. The minimum Gasteiger partial charge on any atom is -0.343 e. The Morgan fingerprint density at radius 3 is 2.53 bits per heavy atom. The first-order valence-electron chi connectivity index (χ1n) is 7.42. The number of likely N-dealkylation sites (tertiary alicyclic amines) is 1. The van der Waals surface area contributed by atoms with Gasteiger partial charge in [0.2, 0.25) is 5.91 Å². The van der Waals surface area contributed by atoms with E-state index in [9.17, 15) is 4.79 Å². The van der Waals surface area contributed by atoms with Crippen molar-refractivity contribution in [2.24, 2.45) is 0 Å². The van der Waals surface area contributed by atoms with Crippen molar-refractivity contribution in [3.05, 3.63) is 0 Å². The zero-order chi connectivity index (χ0) is 13.8. The van der Waals surface area contributed by atoms with E-state index >= 15 is 0 Å². The van der Waals surface area contributed by atoms with Crippen molar-refractivity contribution >= 4 is 5.91 Å². The molecular formula is C14H28N4O. The van der Waals surface area contributed by atoms with Crippen LogP contribution in [-0.2, 0) is 4.79 Å². The van der Waals surface area contributed by atoms with Crippen LogP contribution in [0.1, 0.15) is 19.3 Å². The molecule has 2 saturated heterocycles. The molecule has 2 aliphatic heterocycles.